The summed E-state index contributed by atoms with van der Waals surface area (Å²) in [5, 5.41) is 0. The maximum absolute atomic E-state index is 13.2. The molecule has 0 saturated heterocycles. The standard InChI is InChI=1S/C27H46O11/c1-7-13-15-17-19-26(21-31-11-5,37-35-23(28)9-3)33-25(30)34-27(22-32-12-6,20-18-16-14-8-2)38-36-24(29)10-4/h9-10H,3-4,7-8,11-22H2,1-2,5-6H3. The Bertz CT molecular complexity index is 641. The maximum Gasteiger partial charge on any atom is 0.513 e. The molecule has 0 aliphatic heterocycles. The number of carbonyl (C=O) groups excluding carboxylic acids is 3. The van der Waals surface area contributed by atoms with Crippen molar-refractivity contribution in [2.24, 2.45) is 0 Å². The highest BCUT2D eigenvalue weighted by Gasteiger charge is 2.44. The van der Waals surface area contributed by atoms with Crippen LogP contribution in [0.1, 0.15) is 91.9 Å². The van der Waals surface area contributed by atoms with Gasteiger partial charge < -0.3 is 18.9 Å². The molecule has 0 radical (unpaired) electrons. The monoisotopic (exact) mass is 546 g/mol. The van der Waals surface area contributed by atoms with Crippen molar-refractivity contribution in [3.8, 4) is 0 Å². The first-order chi connectivity index (χ1) is 18.3. The van der Waals surface area contributed by atoms with E-state index < -0.39 is 29.7 Å². The lowest BCUT2D eigenvalue weighted by Crippen LogP contribution is -2.48. The average Bonchev–Trinajstić information content (AvgIpc) is 2.92. The number of hydrogen-bond acceptors (Lipinski definition) is 11. The molecular weight excluding hydrogens is 500 g/mol. The lowest BCUT2D eigenvalue weighted by Gasteiger charge is -2.34. The molecule has 0 spiro atoms. The molecule has 0 amide bonds. The van der Waals surface area contributed by atoms with Gasteiger partial charge in [0, 0.05) is 38.2 Å². The van der Waals surface area contributed by atoms with E-state index in [-0.39, 0.29) is 39.3 Å². The van der Waals surface area contributed by atoms with Gasteiger partial charge >= 0.3 is 18.1 Å². The van der Waals surface area contributed by atoms with E-state index in [2.05, 4.69) is 27.0 Å². The highest BCUT2D eigenvalue weighted by Crippen LogP contribution is 2.29. The average molecular weight is 547 g/mol. The van der Waals surface area contributed by atoms with Crippen LogP contribution in [0.4, 0.5) is 4.79 Å². The first kappa shape index (κ1) is 35.5. The van der Waals surface area contributed by atoms with Crippen LogP contribution in [-0.2, 0) is 48.1 Å². The molecule has 2 atom stereocenters. The van der Waals surface area contributed by atoms with Crippen molar-refractivity contribution in [2.45, 2.75) is 103 Å². The molecule has 0 aromatic rings. The van der Waals surface area contributed by atoms with E-state index >= 15 is 0 Å². The first-order valence-electron chi connectivity index (χ1n) is 13.4. The van der Waals surface area contributed by atoms with Crippen molar-refractivity contribution in [3.05, 3.63) is 25.3 Å². The SMILES string of the molecule is C=CC(=O)OOC(CCCCCC)(COCC)OC(=O)OC(CCCCCC)(COCC)OOC(=O)C=C. The number of hydrogen-bond donors (Lipinski definition) is 0. The van der Waals surface area contributed by atoms with Crippen LogP contribution in [0.15, 0.2) is 25.3 Å². The van der Waals surface area contributed by atoms with E-state index in [1.54, 1.807) is 13.8 Å². The van der Waals surface area contributed by atoms with Crippen molar-refractivity contribution >= 4 is 18.1 Å². The summed E-state index contributed by atoms with van der Waals surface area (Å²) in [6.45, 7) is 14.4. The molecule has 38 heavy (non-hydrogen) atoms. The third-order valence-electron chi connectivity index (χ3n) is 5.30. The van der Waals surface area contributed by atoms with Crippen LogP contribution >= 0.6 is 0 Å². The normalized spacial score (nSPS) is 14.0. The van der Waals surface area contributed by atoms with Crippen molar-refractivity contribution in [3.63, 3.8) is 0 Å². The topological polar surface area (TPSA) is 125 Å². The summed E-state index contributed by atoms with van der Waals surface area (Å²) in [5.41, 5.74) is 0. The first-order valence-corrected chi connectivity index (χ1v) is 13.4. The molecule has 0 N–H and O–H groups in total. The number of carbonyl (C=O) groups is 3. The third-order valence-corrected chi connectivity index (χ3v) is 5.30. The molecule has 220 valence electrons. The smallest absolute Gasteiger partial charge is 0.395 e. The van der Waals surface area contributed by atoms with Crippen LogP contribution < -0.4 is 0 Å². The highest BCUT2D eigenvalue weighted by molar-refractivity contribution is 5.80. The van der Waals surface area contributed by atoms with Gasteiger partial charge in [0.1, 0.15) is 13.2 Å². The van der Waals surface area contributed by atoms with Gasteiger partial charge in [0.25, 0.3) is 11.6 Å². The molecule has 11 heteroatoms. The Hall–Kier alpha value is -2.47. The summed E-state index contributed by atoms with van der Waals surface area (Å²) in [6, 6.07) is 0. The largest absolute Gasteiger partial charge is 0.513 e. The Balaban J connectivity index is 5.96. The van der Waals surface area contributed by atoms with Crippen molar-refractivity contribution in [1.29, 1.82) is 0 Å². The van der Waals surface area contributed by atoms with E-state index in [1.165, 1.54) is 0 Å². The van der Waals surface area contributed by atoms with Crippen molar-refractivity contribution in [1.82, 2.24) is 0 Å². The van der Waals surface area contributed by atoms with Crippen LogP contribution in [0, 0.1) is 0 Å². The number of ether oxygens (including phenoxy) is 4. The summed E-state index contributed by atoms with van der Waals surface area (Å²) in [4.78, 5) is 56.8. The minimum atomic E-state index is -1.81. The predicted octanol–water partition coefficient (Wildman–Crippen LogP) is 5.87. The Morgan fingerprint density at radius 2 is 1.03 bits per heavy atom. The summed E-state index contributed by atoms with van der Waals surface area (Å²) < 4.78 is 22.2. The van der Waals surface area contributed by atoms with Crippen LogP contribution in [0.5, 0.6) is 0 Å². The molecule has 0 fully saturated rings. The third kappa shape index (κ3) is 15.7. The molecule has 0 aromatic carbocycles. The van der Waals surface area contributed by atoms with Gasteiger partial charge in [-0.2, -0.15) is 0 Å². The molecule has 0 aromatic heterocycles. The summed E-state index contributed by atoms with van der Waals surface area (Å²) in [6.07, 6.45) is 7.52. The molecular formula is C27H46O11. The molecule has 0 heterocycles. The Morgan fingerprint density at radius 3 is 1.34 bits per heavy atom. The van der Waals surface area contributed by atoms with Gasteiger partial charge in [-0.15, -0.1) is 9.78 Å². The van der Waals surface area contributed by atoms with Gasteiger partial charge in [0.05, 0.1) is 0 Å². The molecule has 0 bridgehead atoms. The van der Waals surface area contributed by atoms with Crippen molar-refractivity contribution in [2.75, 3.05) is 26.4 Å². The van der Waals surface area contributed by atoms with E-state index in [0.717, 1.165) is 50.7 Å². The number of unbranched alkanes of at least 4 members (excludes halogenated alkanes) is 6. The minimum Gasteiger partial charge on any atom is -0.395 e. The summed E-state index contributed by atoms with van der Waals surface area (Å²) in [7, 11) is 0. The molecule has 11 nitrogen and oxygen atoms in total. The van der Waals surface area contributed by atoms with Gasteiger partial charge in [-0.3, -0.25) is 9.78 Å². The quantitative estimate of drug-likeness (QED) is 0.0360. The van der Waals surface area contributed by atoms with Crippen molar-refractivity contribution < 1.29 is 52.9 Å². The summed E-state index contributed by atoms with van der Waals surface area (Å²) in [5.74, 6) is -5.37. The Kier molecular flexibility index (Phi) is 20.1. The van der Waals surface area contributed by atoms with Gasteiger partial charge in [0.15, 0.2) is 0 Å². The second-order valence-electron chi connectivity index (χ2n) is 8.55. The Morgan fingerprint density at radius 1 is 0.632 bits per heavy atom. The van der Waals surface area contributed by atoms with E-state index in [0.29, 0.717) is 12.8 Å². The Labute approximate surface area is 226 Å². The maximum atomic E-state index is 13.2. The fourth-order valence-corrected chi connectivity index (χ4v) is 3.25. The van der Waals surface area contributed by atoms with E-state index in [9.17, 15) is 14.4 Å². The van der Waals surface area contributed by atoms with E-state index in [4.69, 9.17) is 38.5 Å². The second kappa shape index (κ2) is 21.5. The van der Waals surface area contributed by atoms with Crippen LogP contribution in [-0.4, -0.2) is 56.1 Å². The number of rotatable bonds is 24. The minimum absolute atomic E-state index is 0.147. The second-order valence-corrected chi connectivity index (χ2v) is 8.55. The summed E-state index contributed by atoms with van der Waals surface area (Å²) >= 11 is 0. The lowest BCUT2D eigenvalue weighted by atomic mass is 10.1. The lowest BCUT2D eigenvalue weighted by molar-refractivity contribution is -0.421. The fraction of sp³-hybridized carbons (Fsp3) is 0.741. The van der Waals surface area contributed by atoms with Gasteiger partial charge in [-0.25, -0.2) is 14.4 Å². The van der Waals surface area contributed by atoms with Crippen LogP contribution in [0.25, 0.3) is 0 Å². The predicted molar refractivity (Wildman–Crippen MR) is 138 cm³/mol. The zero-order valence-electron chi connectivity index (χ0n) is 23.5. The van der Waals surface area contributed by atoms with Gasteiger partial charge in [-0.1, -0.05) is 65.5 Å². The van der Waals surface area contributed by atoms with E-state index in [1.807, 2.05) is 0 Å². The molecule has 0 aliphatic carbocycles. The van der Waals surface area contributed by atoms with Crippen LogP contribution in [0.2, 0.25) is 0 Å². The molecule has 0 saturated carbocycles. The zero-order chi connectivity index (χ0) is 28.7. The van der Waals surface area contributed by atoms with Gasteiger partial charge in [-0.05, 0) is 26.7 Å². The fourth-order valence-electron chi connectivity index (χ4n) is 3.25. The molecule has 2 unspecified atom stereocenters. The molecule has 0 rings (SSSR count). The van der Waals surface area contributed by atoms with Gasteiger partial charge in [0.2, 0.25) is 0 Å². The molecule has 0 aliphatic rings. The zero-order valence-corrected chi connectivity index (χ0v) is 23.5. The highest BCUT2D eigenvalue weighted by atomic mass is 17.3. The van der Waals surface area contributed by atoms with Crippen LogP contribution in [0.3, 0.4) is 0 Å².